The Bertz CT molecular complexity index is 1230. The predicted molar refractivity (Wildman–Crippen MR) is 117 cm³/mol. The number of nitrogens with zero attached hydrogens (tertiary/aromatic N) is 4. The second-order valence-corrected chi connectivity index (χ2v) is 6.71. The number of carbonyl (C=O) groups excluding carboxylic acids is 1. The van der Waals surface area contributed by atoms with Crippen molar-refractivity contribution in [1.82, 2.24) is 19.9 Å². The van der Waals surface area contributed by atoms with Crippen LogP contribution in [0, 0.1) is 0 Å². The third kappa shape index (κ3) is 4.79. The van der Waals surface area contributed by atoms with Gasteiger partial charge in [0.25, 0.3) is 5.89 Å². The standard InChI is InChI=1S/C23H22N4O6/c1-4-31-23(28)21-19(13-27(25-21)16-8-6-5-7-9-16)32-14-20-24-22(26-33-20)15-10-11-17(29-2)18(12-15)30-3/h5-13H,4,14H2,1-3H3. The van der Waals surface area contributed by atoms with Crippen molar-refractivity contribution in [1.29, 1.82) is 0 Å². The summed E-state index contributed by atoms with van der Waals surface area (Å²) in [7, 11) is 3.11. The summed E-state index contributed by atoms with van der Waals surface area (Å²) < 4.78 is 28.3. The highest BCUT2D eigenvalue weighted by atomic mass is 16.5. The van der Waals surface area contributed by atoms with Gasteiger partial charge in [-0.15, -0.1) is 0 Å². The summed E-state index contributed by atoms with van der Waals surface area (Å²) in [5, 5.41) is 8.32. The minimum absolute atomic E-state index is 0.0559. The SMILES string of the molecule is CCOC(=O)c1nn(-c2ccccc2)cc1OCc1nc(-c2ccc(OC)c(OC)c2)no1. The van der Waals surface area contributed by atoms with Gasteiger partial charge in [-0.05, 0) is 37.3 Å². The summed E-state index contributed by atoms with van der Waals surface area (Å²) in [5.74, 6) is 1.38. The lowest BCUT2D eigenvalue weighted by Crippen LogP contribution is -2.08. The first-order chi connectivity index (χ1) is 16.1. The van der Waals surface area contributed by atoms with Crippen LogP contribution in [0.5, 0.6) is 17.2 Å². The van der Waals surface area contributed by atoms with E-state index in [1.54, 1.807) is 50.2 Å². The van der Waals surface area contributed by atoms with Crippen LogP contribution in [0.2, 0.25) is 0 Å². The molecule has 2 aromatic heterocycles. The van der Waals surface area contributed by atoms with E-state index >= 15 is 0 Å². The second kappa shape index (κ2) is 9.86. The molecule has 0 bridgehead atoms. The average Bonchev–Trinajstić information content (AvgIpc) is 3.50. The summed E-state index contributed by atoms with van der Waals surface area (Å²) >= 11 is 0. The molecule has 4 rings (SSSR count). The fourth-order valence-electron chi connectivity index (χ4n) is 3.06. The van der Waals surface area contributed by atoms with Gasteiger partial charge in [-0.3, -0.25) is 0 Å². The number of hydrogen-bond donors (Lipinski definition) is 0. The van der Waals surface area contributed by atoms with Gasteiger partial charge in [0.2, 0.25) is 11.5 Å². The van der Waals surface area contributed by atoms with Crippen molar-refractivity contribution in [3.05, 3.63) is 66.3 Å². The summed E-state index contributed by atoms with van der Waals surface area (Å²) in [4.78, 5) is 16.7. The number of esters is 1. The van der Waals surface area contributed by atoms with Crippen LogP contribution in [-0.2, 0) is 11.3 Å². The summed E-state index contributed by atoms with van der Waals surface area (Å²) in [6.45, 7) is 1.88. The molecule has 33 heavy (non-hydrogen) atoms. The van der Waals surface area contributed by atoms with E-state index in [1.165, 1.54) is 0 Å². The van der Waals surface area contributed by atoms with Crippen molar-refractivity contribution >= 4 is 5.97 Å². The zero-order valence-corrected chi connectivity index (χ0v) is 18.3. The highest BCUT2D eigenvalue weighted by molar-refractivity contribution is 5.90. The van der Waals surface area contributed by atoms with Crippen molar-refractivity contribution in [2.24, 2.45) is 0 Å². The molecule has 0 spiro atoms. The van der Waals surface area contributed by atoms with E-state index in [0.717, 1.165) is 5.69 Å². The van der Waals surface area contributed by atoms with Crippen molar-refractivity contribution in [3.8, 4) is 34.3 Å². The molecule has 0 amide bonds. The van der Waals surface area contributed by atoms with Crippen LogP contribution in [-0.4, -0.2) is 46.7 Å². The minimum atomic E-state index is -0.585. The van der Waals surface area contributed by atoms with Crippen molar-refractivity contribution in [3.63, 3.8) is 0 Å². The van der Waals surface area contributed by atoms with Crippen molar-refractivity contribution in [2.75, 3.05) is 20.8 Å². The van der Waals surface area contributed by atoms with E-state index in [0.29, 0.717) is 22.9 Å². The molecule has 4 aromatic rings. The van der Waals surface area contributed by atoms with Crippen LogP contribution in [0.3, 0.4) is 0 Å². The number of benzene rings is 2. The Morgan fingerprint density at radius 3 is 2.55 bits per heavy atom. The molecule has 10 nitrogen and oxygen atoms in total. The maximum absolute atomic E-state index is 12.4. The lowest BCUT2D eigenvalue weighted by Gasteiger charge is -2.07. The van der Waals surface area contributed by atoms with Gasteiger partial charge >= 0.3 is 5.97 Å². The molecule has 2 aromatic carbocycles. The van der Waals surface area contributed by atoms with Gasteiger partial charge in [-0.2, -0.15) is 10.1 Å². The van der Waals surface area contributed by atoms with Gasteiger partial charge in [0.1, 0.15) is 0 Å². The molecule has 10 heteroatoms. The fourth-order valence-corrected chi connectivity index (χ4v) is 3.06. The number of rotatable bonds is 9. The van der Waals surface area contributed by atoms with Gasteiger partial charge in [-0.1, -0.05) is 23.4 Å². The van der Waals surface area contributed by atoms with E-state index < -0.39 is 5.97 Å². The maximum Gasteiger partial charge on any atom is 0.362 e. The van der Waals surface area contributed by atoms with Crippen LogP contribution in [0.1, 0.15) is 23.3 Å². The van der Waals surface area contributed by atoms with E-state index in [2.05, 4.69) is 15.2 Å². The topological polar surface area (TPSA) is 111 Å². The van der Waals surface area contributed by atoms with Crippen LogP contribution in [0.15, 0.2) is 59.3 Å². The fraction of sp³-hybridized carbons (Fsp3) is 0.217. The molecular weight excluding hydrogens is 428 g/mol. The van der Waals surface area contributed by atoms with E-state index in [-0.39, 0.29) is 30.5 Å². The van der Waals surface area contributed by atoms with Gasteiger partial charge in [-0.25, -0.2) is 9.48 Å². The monoisotopic (exact) mass is 450 g/mol. The molecule has 0 aliphatic rings. The molecule has 0 fully saturated rings. The molecule has 0 N–H and O–H groups in total. The second-order valence-electron chi connectivity index (χ2n) is 6.71. The average molecular weight is 450 g/mol. The molecular formula is C23H22N4O6. The van der Waals surface area contributed by atoms with Crippen LogP contribution < -0.4 is 14.2 Å². The van der Waals surface area contributed by atoms with E-state index in [4.69, 9.17) is 23.5 Å². The number of methoxy groups -OCH3 is 2. The van der Waals surface area contributed by atoms with Crippen molar-refractivity contribution < 1.29 is 28.3 Å². The molecule has 0 saturated carbocycles. The number of carbonyl (C=O) groups is 1. The van der Waals surface area contributed by atoms with Gasteiger partial charge in [0.05, 0.1) is 32.7 Å². The van der Waals surface area contributed by atoms with Crippen LogP contribution >= 0.6 is 0 Å². The lowest BCUT2D eigenvalue weighted by molar-refractivity contribution is 0.0513. The van der Waals surface area contributed by atoms with Gasteiger partial charge in [0, 0.05) is 5.56 Å². The Hall–Kier alpha value is -4.34. The molecule has 170 valence electrons. The quantitative estimate of drug-likeness (QED) is 0.352. The Kier molecular flexibility index (Phi) is 6.53. The largest absolute Gasteiger partial charge is 0.493 e. The minimum Gasteiger partial charge on any atom is -0.493 e. The first kappa shape index (κ1) is 21.9. The first-order valence-electron chi connectivity index (χ1n) is 10.1. The van der Waals surface area contributed by atoms with Crippen LogP contribution in [0.25, 0.3) is 17.1 Å². The molecule has 0 radical (unpaired) electrons. The van der Waals surface area contributed by atoms with E-state index in [9.17, 15) is 4.79 Å². The Morgan fingerprint density at radius 1 is 1.03 bits per heavy atom. The summed E-state index contributed by atoms with van der Waals surface area (Å²) in [6.07, 6.45) is 1.60. The molecule has 0 saturated heterocycles. The van der Waals surface area contributed by atoms with Gasteiger partial charge in [0.15, 0.2) is 23.9 Å². The zero-order valence-electron chi connectivity index (χ0n) is 18.3. The highest BCUT2D eigenvalue weighted by Crippen LogP contribution is 2.31. The van der Waals surface area contributed by atoms with Crippen molar-refractivity contribution in [2.45, 2.75) is 13.5 Å². The zero-order chi connectivity index (χ0) is 23.2. The third-order valence-corrected chi connectivity index (χ3v) is 4.63. The molecule has 0 unspecified atom stereocenters. The van der Waals surface area contributed by atoms with Gasteiger partial charge < -0.3 is 23.5 Å². The Morgan fingerprint density at radius 2 is 1.82 bits per heavy atom. The Labute approximate surface area is 189 Å². The number of aromatic nitrogens is 4. The normalized spacial score (nSPS) is 10.6. The number of hydrogen-bond acceptors (Lipinski definition) is 9. The lowest BCUT2D eigenvalue weighted by atomic mass is 10.2. The highest BCUT2D eigenvalue weighted by Gasteiger charge is 2.21. The third-order valence-electron chi connectivity index (χ3n) is 4.63. The number of ether oxygens (including phenoxy) is 4. The molecule has 0 aliphatic heterocycles. The maximum atomic E-state index is 12.4. The molecule has 0 aliphatic carbocycles. The summed E-state index contributed by atoms with van der Waals surface area (Å²) in [6, 6.07) is 14.6. The predicted octanol–water partition coefficient (Wildman–Crippen LogP) is 3.70. The smallest absolute Gasteiger partial charge is 0.362 e. The van der Waals surface area contributed by atoms with E-state index in [1.807, 2.05) is 30.3 Å². The molecule has 2 heterocycles. The Balaban J connectivity index is 1.54. The first-order valence-corrected chi connectivity index (χ1v) is 10.1. The summed E-state index contributed by atoms with van der Waals surface area (Å²) in [5.41, 5.74) is 1.51. The number of para-hydroxylation sites is 1. The molecule has 0 atom stereocenters. The van der Waals surface area contributed by atoms with Crippen LogP contribution in [0.4, 0.5) is 0 Å².